The molecule has 1 aliphatic rings. The van der Waals surface area contributed by atoms with Gasteiger partial charge in [0.15, 0.2) is 0 Å². The molecule has 0 saturated carbocycles. The molecule has 0 bridgehead atoms. The number of nitrogens with two attached hydrogens (primary N) is 1. The van der Waals surface area contributed by atoms with Crippen LogP contribution in [0, 0.1) is 0 Å². The van der Waals surface area contributed by atoms with Gasteiger partial charge < -0.3 is 9.74 Å². The van der Waals surface area contributed by atoms with Crippen molar-refractivity contribution in [2.24, 2.45) is 5.90 Å². The molecule has 0 aliphatic carbocycles. The Kier molecular flexibility index (Phi) is 2.88. The lowest BCUT2D eigenvalue weighted by Crippen LogP contribution is -2.39. The summed E-state index contributed by atoms with van der Waals surface area (Å²) in [6.07, 6.45) is 1.31. The SMILES string of the molecule is NOC(=O)[C@@H]1CCCN1C(=O)Cl. The summed E-state index contributed by atoms with van der Waals surface area (Å²) in [6.45, 7) is 0.488. The molecule has 6 heteroatoms. The predicted molar refractivity (Wildman–Crippen MR) is 41.3 cm³/mol. The van der Waals surface area contributed by atoms with Crippen molar-refractivity contribution in [3.63, 3.8) is 0 Å². The first-order valence-electron chi connectivity index (χ1n) is 3.53. The van der Waals surface area contributed by atoms with Gasteiger partial charge >= 0.3 is 11.3 Å². The van der Waals surface area contributed by atoms with Crippen molar-refractivity contribution in [3.05, 3.63) is 0 Å². The van der Waals surface area contributed by atoms with Gasteiger partial charge in [0.25, 0.3) is 0 Å². The van der Waals surface area contributed by atoms with Crippen LogP contribution in [0.3, 0.4) is 0 Å². The van der Waals surface area contributed by atoms with Crippen molar-refractivity contribution in [1.29, 1.82) is 0 Å². The first-order valence-corrected chi connectivity index (χ1v) is 3.91. The van der Waals surface area contributed by atoms with Gasteiger partial charge in [0, 0.05) is 6.54 Å². The van der Waals surface area contributed by atoms with Gasteiger partial charge in [-0.15, -0.1) is 0 Å². The van der Waals surface area contributed by atoms with Gasteiger partial charge in [-0.05, 0) is 24.4 Å². The number of carbonyl (C=O) groups is 2. The summed E-state index contributed by atoms with van der Waals surface area (Å²) in [5.41, 5.74) is 0. The molecule has 0 aromatic carbocycles. The summed E-state index contributed by atoms with van der Waals surface area (Å²) in [4.78, 5) is 26.9. The number of amides is 1. The van der Waals surface area contributed by atoms with Crippen molar-refractivity contribution < 1.29 is 14.4 Å². The lowest BCUT2D eigenvalue weighted by molar-refractivity contribution is -0.148. The van der Waals surface area contributed by atoms with E-state index in [0.717, 1.165) is 6.42 Å². The first-order chi connectivity index (χ1) is 5.66. The molecule has 5 nitrogen and oxygen atoms in total. The van der Waals surface area contributed by atoms with Crippen molar-refractivity contribution in [2.45, 2.75) is 18.9 Å². The van der Waals surface area contributed by atoms with Gasteiger partial charge in [-0.25, -0.2) is 4.79 Å². The van der Waals surface area contributed by atoms with E-state index in [1.807, 2.05) is 0 Å². The quantitative estimate of drug-likeness (QED) is 0.367. The molecular formula is C6H9ClN2O3. The molecule has 1 amide bonds. The topological polar surface area (TPSA) is 72.6 Å². The maximum Gasteiger partial charge on any atom is 0.347 e. The van der Waals surface area contributed by atoms with Crippen molar-refractivity contribution in [3.8, 4) is 0 Å². The zero-order valence-electron chi connectivity index (χ0n) is 6.33. The van der Waals surface area contributed by atoms with E-state index in [2.05, 4.69) is 10.7 Å². The van der Waals surface area contributed by atoms with Gasteiger partial charge in [0.1, 0.15) is 6.04 Å². The second kappa shape index (κ2) is 3.73. The molecule has 0 aromatic rings. The highest BCUT2D eigenvalue weighted by molar-refractivity contribution is 6.63. The molecule has 2 N–H and O–H groups in total. The van der Waals surface area contributed by atoms with Crippen LogP contribution in [0.15, 0.2) is 0 Å². The summed E-state index contributed by atoms with van der Waals surface area (Å²) in [5.74, 6) is 4.07. The van der Waals surface area contributed by atoms with Crippen LogP contribution in [0.25, 0.3) is 0 Å². The van der Waals surface area contributed by atoms with E-state index in [1.165, 1.54) is 4.90 Å². The summed E-state index contributed by atoms with van der Waals surface area (Å²) in [7, 11) is 0. The summed E-state index contributed by atoms with van der Waals surface area (Å²) >= 11 is 5.22. The molecule has 1 aliphatic heterocycles. The first kappa shape index (κ1) is 9.28. The van der Waals surface area contributed by atoms with Crippen LogP contribution in [0.2, 0.25) is 0 Å². The van der Waals surface area contributed by atoms with Gasteiger partial charge in [0.2, 0.25) is 0 Å². The van der Waals surface area contributed by atoms with Crippen LogP contribution >= 0.6 is 11.6 Å². The minimum atomic E-state index is -0.636. The Morgan fingerprint density at radius 1 is 1.58 bits per heavy atom. The molecule has 1 rings (SSSR count). The fourth-order valence-corrected chi connectivity index (χ4v) is 1.50. The van der Waals surface area contributed by atoms with Crippen molar-refractivity contribution in [2.75, 3.05) is 6.54 Å². The summed E-state index contributed by atoms with van der Waals surface area (Å²) in [6, 6.07) is -0.597. The van der Waals surface area contributed by atoms with E-state index in [1.54, 1.807) is 0 Å². The molecule has 1 saturated heterocycles. The van der Waals surface area contributed by atoms with E-state index in [9.17, 15) is 9.59 Å². The van der Waals surface area contributed by atoms with Crippen LogP contribution in [0.4, 0.5) is 4.79 Å². The Balaban J connectivity index is 2.63. The zero-order chi connectivity index (χ0) is 9.14. The van der Waals surface area contributed by atoms with E-state index in [4.69, 9.17) is 11.6 Å². The predicted octanol–water partition coefficient (Wildman–Crippen LogP) is 0.226. The molecule has 1 fully saturated rings. The van der Waals surface area contributed by atoms with Gasteiger partial charge in [-0.2, -0.15) is 5.90 Å². The zero-order valence-corrected chi connectivity index (χ0v) is 7.08. The average molecular weight is 193 g/mol. The number of nitrogens with zero attached hydrogens (tertiary/aromatic N) is 1. The fourth-order valence-electron chi connectivity index (χ4n) is 1.30. The Morgan fingerprint density at radius 3 is 2.75 bits per heavy atom. The minimum Gasteiger partial charge on any atom is -0.372 e. The van der Waals surface area contributed by atoms with E-state index >= 15 is 0 Å². The van der Waals surface area contributed by atoms with Crippen molar-refractivity contribution >= 4 is 22.9 Å². The third-order valence-electron chi connectivity index (χ3n) is 1.87. The molecule has 1 atom stereocenters. The van der Waals surface area contributed by atoms with Gasteiger partial charge in [0.05, 0.1) is 0 Å². The van der Waals surface area contributed by atoms with Crippen molar-refractivity contribution in [1.82, 2.24) is 4.90 Å². The number of hydrogen-bond acceptors (Lipinski definition) is 4. The largest absolute Gasteiger partial charge is 0.372 e. The Hall–Kier alpha value is -0.810. The third-order valence-corrected chi connectivity index (χ3v) is 2.08. The van der Waals surface area contributed by atoms with E-state index < -0.39 is 17.4 Å². The average Bonchev–Trinajstić information content (AvgIpc) is 2.50. The maximum absolute atomic E-state index is 10.9. The third kappa shape index (κ3) is 1.67. The van der Waals surface area contributed by atoms with Crippen LogP contribution in [-0.2, 0) is 9.63 Å². The monoisotopic (exact) mass is 192 g/mol. The molecule has 0 spiro atoms. The van der Waals surface area contributed by atoms with Crippen LogP contribution < -0.4 is 5.90 Å². The molecular weight excluding hydrogens is 184 g/mol. The van der Waals surface area contributed by atoms with Crippen LogP contribution in [0.1, 0.15) is 12.8 Å². The molecule has 0 unspecified atom stereocenters. The number of likely N-dealkylation sites (tertiary alicyclic amines) is 1. The fraction of sp³-hybridized carbons (Fsp3) is 0.667. The number of hydrogen-bond donors (Lipinski definition) is 1. The van der Waals surface area contributed by atoms with Crippen LogP contribution in [-0.4, -0.2) is 28.8 Å². The number of carbonyl (C=O) groups excluding carboxylic acids is 2. The highest BCUT2D eigenvalue weighted by Crippen LogP contribution is 2.19. The number of halogens is 1. The molecule has 12 heavy (non-hydrogen) atoms. The molecule has 0 aromatic heterocycles. The Morgan fingerprint density at radius 2 is 2.25 bits per heavy atom. The Labute approximate surface area is 74.4 Å². The standard InChI is InChI=1S/C6H9ClN2O3/c7-6(11)9-3-1-2-4(9)5(10)12-8/h4H,1-3,8H2/t4-/m0/s1. The van der Waals surface area contributed by atoms with Crippen LogP contribution in [0.5, 0.6) is 0 Å². The lowest BCUT2D eigenvalue weighted by atomic mass is 10.2. The highest BCUT2D eigenvalue weighted by Gasteiger charge is 2.34. The second-order valence-electron chi connectivity index (χ2n) is 2.54. The lowest BCUT2D eigenvalue weighted by Gasteiger charge is -2.18. The normalized spacial score (nSPS) is 22.5. The number of rotatable bonds is 1. The smallest absolute Gasteiger partial charge is 0.347 e. The maximum atomic E-state index is 10.9. The van der Waals surface area contributed by atoms with Gasteiger partial charge in [-0.3, -0.25) is 4.79 Å². The van der Waals surface area contributed by atoms with Gasteiger partial charge in [-0.1, -0.05) is 0 Å². The van der Waals surface area contributed by atoms with E-state index in [0.29, 0.717) is 13.0 Å². The second-order valence-corrected chi connectivity index (χ2v) is 2.86. The molecule has 1 heterocycles. The summed E-state index contributed by atoms with van der Waals surface area (Å²) < 4.78 is 0. The minimum absolute atomic E-state index is 0.488. The summed E-state index contributed by atoms with van der Waals surface area (Å²) in [5, 5.41) is -0.636. The molecule has 68 valence electrons. The molecule has 0 radical (unpaired) electrons. The highest BCUT2D eigenvalue weighted by atomic mass is 35.5. The Bertz CT molecular complexity index is 209. The van der Waals surface area contributed by atoms with E-state index in [-0.39, 0.29) is 0 Å².